The van der Waals surface area contributed by atoms with Gasteiger partial charge in [-0.1, -0.05) is 0 Å². The van der Waals surface area contributed by atoms with Crippen LogP contribution >= 0.6 is 0 Å². The molecular formula is C9H13N3O4. The molecule has 0 aliphatic heterocycles. The van der Waals surface area contributed by atoms with Gasteiger partial charge >= 0.3 is 0 Å². The fourth-order valence-electron chi connectivity index (χ4n) is 1.07. The summed E-state index contributed by atoms with van der Waals surface area (Å²) >= 11 is 0. The van der Waals surface area contributed by atoms with Crippen LogP contribution < -0.4 is 10.5 Å². The topological polar surface area (TPSA) is 101 Å². The predicted octanol–water partition coefficient (Wildman–Crippen LogP) is 0.987. The van der Waals surface area contributed by atoms with Gasteiger partial charge in [-0.15, -0.1) is 0 Å². The van der Waals surface area contributed by atoms with Crippen molar-refractivity contribution in [3.8, 4) is 5.88 Å². The zero-order valence-electron chi connectivity index (χ0n) is 8.88. The molecule has 0 aliphatic carbocycles. The van der Waals surface area contributed by atoms with E-state index in [9.17, 15) is 10.1 Å². The molecule has 0 atom stereocenters. The molecule has 0 fully saturated rings. The van der Waals surface area contributed by atoms with Crippen molar-refractivity contribution >= 4 is 11.5 Å². The lowest BCUT2D eigenvalue weighted by Gasteiger charge is -2.05. The van der Waals surface area contributed by atoms with Gasteiger partial charge in [0, 0.05) is 20.1 Å². The smallest absolute Gasteiger partial charge is 0.278 e. The van der Waals surface area contributed by atoms with Gasteiger partial charge in [-0.2, -0.15) is 4.98 Å². The molecule has 0 aliphatic rings. The van der Waals surface area contributed by atoms with Crippen LogP contribution in [0.2, 0.25) is 0 Å². The maximum atomic E-state index is 10.5. The summed E-state index contributed by atoms with van der Waals surface area (Å²) in [6.45, 7) is 0.936. The average Bonchev–Trinajstić information content (AvgIpc) is 2.23. The average molecular weight is 227 g/mol. The molecule has 0 radical (unpaired) electrons. The molecule has 0 unspecified atom stereocenters. The molecule has 1 aromatic rings. The summed E-state index contributed by atoms with van der Waals surface area (Å²) in [4.78, 5) is 13.8. The lowest BCUT2D eigenvalue weighted by Crippen LogP contribution is -2.04. The molecule has 0 amide bonds. The van der Waals surface area contributed by atoms with E-state index in [1.165, 1.54) is 12.1 Å². The third-order valence-corrected chi connectivity index (χ3v) is 1.76. The molecular weight excluding hydrogens is 214 g/mol. The molecule has 0 saturated carbocycles. The van der Waals surface area contributed by atoms with Crippen LogP contribution in [-0.2, 0) is 4.74 Å². The van der Waals surface area contributed by atoms with E-state index < -0.39 is 4.92 Å². The molecule has 1 rings (SSSR count). The van der Waals surface area contributed by atoms with Crippen molar-refractivity contribution in [2.75, 3.05) is 26.1 Å². The van der Waals surface area contributed by atoms with Gasteiger partial charge < -0.3 is 15.2 Å². The predicted molar refractivity (Wildman–Crippen MR) is 57.3 cm³/mol. The zero-order valence-corrected chi connectivity index (χ0v) is 8.88. The van der Waals surface area contributed by atoms with Gasteiger partial charge in [0.05, 0.1) is 23.7 Å². The minimum absolute atomic E-state index is 0.0657. The highest BCUT2D eigenvalue weighted by Crippen LogP contribution is 2.20. The number of methoxy groups -OCH3 is 1. The minimum Gasteiger partial charge on any atom is -0.477 e. The number of hydrogen-bond donors (Lipinski definition) is 1. The van der Waals surface area contributed by atoms with Crippen molar-refractivity contribution in [3.05, 3.63) is 22.2 Å². The number of pyridine rings is 1. The third kappa shape index (κ3) is 3.70. The monoisotopic (exact) mass is 227 g/mol. The Bertz CT molecular complexity index is 370. The van der Waals surface area contributed by atoms with Crippen molar-refractivity contribution < 1.29 is 14.4 Å². The standard InChI is InChI=1S/C9H13N3O4/c1-15-3-2-4-16-9-6-7(12(13)14)5-8(10)11-9/h5-6H,2-4H2,1H3,(H2,10,11). The SMILES string of the molecule is COCCCOc1cc([N+](=O)[O-])cc(N)n1. The van der Waals surface area contributed by atoms with E-state index in [0.717, 1.165) is 0 Å². The highest BCUT2D eigenvalue weighted by atomic mass is 16.6. The molecule has 1 heterocycles. The van der Waals surface area contributed by atoms with Gasteiger partial charge in [0.2, 0.25) is 5.88 Å². The summed E-state index contributed by atoms with van der Waals surface area (Å²) < 4.78 is 10.0. The number of nitro groups is 1. The zero-order chi connectivity index (χ0) is 12.0. The number of nitrogens with two attached hydrogens (primary N) is 1. The number of ether oxygens (including phenoxy) is 2. The molecule has 0 saturated heterocycles. The van der Waals surface area contributed by atoms with Gasteiger partial charge in [-0.25, -0.2) is 0 Å². The number of nitrogens with zero attached hydrogens (tertiary/aromatic N) is 2. The van der Waals surface area contributed by atoms with Crippen LogP contribution in [0, 0.1) is 10.1 Å². The second kappa shape index (κ2) is 5.86. The molecule has 7 heteroatoms. The van der Waals surface area contributed by atoms with Crippen LogP contribution in [0.3, 0.4) is 0 Å². The lowest BCUT2D eigenvalue weighted by molar-refractivity contribution is -0.384. The van der Waals surface area contributed by atoms with E-state index >= 15 is 0 Å². The van der Waals surface area contributed by atoms with Crippen LogP contribution in [0.25, 0.3) is 0 Å². The summed E-state index contributed by atoms with van der Waals surface area (Å²) in [7, 11) is 1.59. The van der Waals surface area contributed by atoms with E-state index in [4.69, 9.17) is 15.2 Å². The summed E-state index contributed by atoms with van der Waals surface area (Å²) in [6, 6.07) is 2.42. The third-order valence-electron chi connectivity index (χ3n) is 1.76. The van der Waals surface area contributed by atoms with Crippen LogP contribution in [0.1, 0.15) is 6.42 Å². The van der Waals surface area contributed by atoms with Crippen LogP contribution in [0.4, 0.5) is 11.5 Å². The van der Waals surface area contributed by atoms with Gasteiger partial charge in [0.1, 0.15) is 5.82 Å². The Balaban J connectivity index is 2.62. The largest absolute Gasteiger partial charge is 0.477 e. The highest BCUT2D eigenvalue weighted by molar-refractivity contribution is 5.45. The quantitative estimate of drug-likeness (QED) is 0.441. The van der Waals surface area contributed by atoms with Gasteiger partial charge in [-0.3, -0.25) is 10.1 Å². The van der Waals surface area contributed by atoms with E-state index in [2.05, 4.69) is 4.98 Å². The van der Waals surface area contributed by atoms with Crippen molar-refractivity contribution in [1.82, 2.24) is 4.98 Å². The van der Waals surface area contributed by atoms with Crippen LogP contribution in [-0.4, -0.2) is 30.2 Å². The van der Waals surface area contributed by atoms with Crippen molar-refractivity contribution in [1.29, 1.82) is 0 Å². The molecule has 1 aromatic heterocycles. The molecule has 16 heavy (non-hydrogen) atoms. The molecule has 7 nitrogen and oxygen atoms in total. The van der Waals surface area contributed by atoms with Crippen molar-refractivity contribution in [2.24, 2.45) is 0 Å². The number of hydrogen-bond acceptors (Lipinski definition) is 6. The molecule has 2 N–H and O–H groups in total. The number of anilines is 1. The first-order valence-corrected chi connectivity index (χ1v) is 4.67. The second-order valence-corrected chi connectivity index (χ2v) is 3.04. The summed E-state index contributed by atoms with van der Waals surface area (Å²) in [6.07, 6.45) is 0.681. The Morgan fingerprint density at radius 3 is 2.88 bits per heavy atom. The molecule has 88 valence electrons. The van der Waals surface area contributed by atoms with E-state index in [0.29, 0.717) is 19.6 Å². The van der Waals surface area contributed by atoms with Gasteiger partial charge in [-0.05, 0) is 0 Å². The minimum atomic E-state index is -0.542. The lowest BCUT2D eigenvalue weighted by atomic mass is 10.4. The van der Waals surface area contributed by atoms with Gasteiger partial charge in [0.15, 0.2) is 0 Å². The maximum Gasteiger partial charge on any atom is 0.278 e. The first kappa shape index (κ1) is 12.2. The Labute approximate surface area is 92.3 Å². The molecule has 0 aromatic carbocycles. The maximum absolute atomic E-state index is 10.5. The number of rotatable bonds is 6. The van der Waals surface area contributed by atoms with Crippen molar-refractivity contribution in [2.45, 2.75) is 6.42 Å². The number of nitrogen functional groups attached to an aromatic ring is 1. The van der Waals surface area contributed by atoms with E-state index in [1.807, 2.05) is 0 Å². The fourth-order valence-corrected chi connectivity index (χ4v) is 1.07. The van der Waals surface area contributed by atoms with Gasteiger partial charge in [0.25, 0.3) is 5.69 Å². The Hall–Kier alpha value is -1.89. The highest BCUT2D eigenvalue weighted by Gasteiger charge is 2.10. The van der Waals surface area contributed by atoms with Crippen molar-refractivity contribution in [3.63, 3.8) is 0 Å². The van der Waals surface area contributed by atoms with Crippen LogP contribution in [0.15, 0.2) is 12.1 Å². The van der Waals surface area contributed by atoms with E-state index in [-0.39, 0.29) is 17.4 Å². The first-order valence-electron chi connectivity index (χ1n) is 4.67. The second-order valence-electron chi connectivity index (χ2n) is 3.04. The summed E-state index contributed by atoms with van der Waals surface area (Å²) in [5.41, 5.74) is 5.28. The Kier molecular flexibility index (Phi) is 4.46. The number of aromatic nitrogens is 1. The first-order chi connectivity index (χ1) is 7.63. The normalized spacial score (nSPS) is 10.1. The van der Waals surface area contributed by atoms with Crippen LogP contribution in [0.5, 0.6) is 5.88 Å². The molecule has 0 bridgehead atoms. The van der Waals surface area contributed by atoms with E-state index in [1.54, 1.807) is 7.11 Å². The molecule has 0 spiro atoms. The Morgan fingerprint density at radius 2 is 2.25 bits per heavy atom. The summed E-state index contributed by atoms with van der Waals surface area (Å²) in [5.74, 6) is 0.221. The fraction of sp³-hybridized carbons (Fsp3) is 0.444. The summed E-state index contributed by atoms with van der Waals surface area (Å²) in [5, 5.41) is 10.5. The Morgan fingerprint density at radius 1 is 1.50 bits per heavy atom.